The quantitative estimate of drug-likeness (QED) is 0.851. The van der Waals surface area contributed by atoms with Crippen molar-refractivity contribution in [1.82, 2.24) is 9.78 Å². The summed E-state index contributed by atoms with van der Waals surface area (Å²) in [6.07, 6.45) is 4.91. The summed E-state index contributed by atoms with van der Waals surface area (Å²) in [6, 6.07) is 8.63. The summed E-state index contributed by atoms with van der Waals surface area (Å²) in [4.78, 5) is 1.17. The lowest BCUT2D eigenvalue weighted by atomic mass is 10.00. The molecule has 0 radical (unpaired) electrons. The van der Waals surface area contributed by atoms with Crippen molar-refractivity contribution in [1.29, 1.82) is 0 Å². The molecule has 19 heavy (non-hydrogen) atoms. The first kappa shape index (κ1) is 14.2. The highest BCUT2D eigenvalue weighted by atomic mass is 32.2. The molecule has 0 aliphatic heterocycles. The van der Waals surface area contributed by atoms with Gasteiger partial charge in [-0.15, -0.1) is 11.8 Å². The maximum atomic E-state index is 6.32. The number of hydrogen-bond acceptors (Lipinski definition) is 3. The van der Waals surface area contributed by atoms with Gasteiger partial charge in [0, 0.05) is 29.4 Å². The van der Waals surface area contributed by atoms with E-state index in [9.17, 15) is 0 Å². The number of aryl methyl sites for hydroxylation is 2. The Morgan fingerprint density at radius 3 is 2.68 bits per heavy atom. The van der Waals surface area contributed by atoms with Crippen LogP contribution in [0.2, 0.25) is 0 Å². The molecule has 2 unspecified atom stereocenters. The summed E-state index contributed by atoms with van der Waals surface area (Å²) in [5.74, 6) is 0. The molecule has 2 rings (SSSR count). The first-order chi connectivity index (χ1) is 9.11. The summed E-state index contributed by atoms with van der Waals surface area (Å²) in [5.41, 5.74) is 8.95. The average Bonchev–Trinajstić information content (AvgIpc) is 2.82. The van der Waals surface area contributed by atoms with Crippen molar-refractivity contribution >= 4 is 11.8 Å². The highest BCUT2D eigenvalue weighted by molar-refractivity contribution is 7.99. The highest BCUT2D eigenvalue weighted by Crippen LogP contribution is 2.39. The number of thioether (sulfide) groups is 1. The van der Waals surface area contributed by atoms with Gasteiger partial charge in [-0.05, 0) is 24.5 Å². The van der Waals surface area contributed by atoms with Gasteiger partial charge >= 0.3 is 0 Å². The summed E-state index contributed by atoms with van der Waals surface area (Å²) in [7, 11) is 1.94. The van der Waals surface area contributed by atoms with Gasteiger partial charge in [0.05, 0.1) is 6.20 Å². The third-order valence-electron chi connectivity index (χ3n) is 3.30. The van der Waals surface area contributed by atoms with Gasteiger partial charge in [-0.1, -0.05) is 31.2 Å². The molecular weight excluding hydrogens is 254 g/mol. The first-order valence-electron chi connectivity index (χ1n) is 6.58. The lowest BCUT2D eigenvalue weighted by Gasteiger charge is -2.24. The largest absolute Gasteiger partial charge is 0.326 e. The number of nitrogens with zero attached hydrogens (tertiary/aromatic N) is 2. The minimum absolute atomic E-state index is 0.145. The molecule has 1 aromatic heterocycles. The Morgan fingerprint density at radius 1 is 1.37 bits per heavy atom. The second-order valence-corrected chi connectivity index (χ2v) is 6.03. The molecule has 0 spiro atoms. The molecule has 0 amide bonds. The van der Waals surface area contributed by atoms with E-state index in [0.29, 0.717) is 0 Å². The summed E-state index contributed by atoms with van der Waals surface area (Å²) < 4.78 is 1.83. The smallest absolute Gasteiger partial charge is 0.0626 e. The van der Waals surface area contributed by atoms with Crippen molar-refractivity contribution < 1.29 is 0 Å². The van der Waals surface area contributed by atoms with Crippen LogP contribution < -0.4 is 5.73 Å². The van der Waals surface area contributed by atoms with Gasteiger partial charge in [0.1, 0.15) is 0 Å². The van der Waals surface area contributed by atoms with Crippen LogP contribution in [0, 0.1) is 6.92 Å². The van der Waals surface area contributed by atoms with E-state index in [1.54, 1.807) is 11.8 Å². The molecule has 0 fully saturated rings. The number of nitrogens with two attached hydrogens (primary N) is 1. The molecule has 1 aromatic carbocycles. The predicted octanol–water partition coefficient (Wildman–Crippen LogP) is 3.30. The fourth-order valence-electron chi connectivity index (χ4n) is 2.11. The molecular formula is C15H21N3S. The fourth-order valence-corrected chi connectivity index (χ4v) is 3.48. The molecule has 0 aliphatic carbocycles. The zero-order chi connectivity index (χ0) is 13.8. The van der Waals surface area contributed by atoms with E-state index in [-0.39, 0.29) is 11.3 Å². The second kappa shape index (κ2) is 6.26. The van der Waals surface area contributed by atoms with Crippen molar-refractivity contribution in [2.45, 2.75) is 36.5 Å². The van der Waals surface area contributed by atoms with Crippen LogP contribution in [0.15, 0.2) is 41.6 Å². The van der Waals surface area contributed by atoms with E-state index in [1.807, 2.05) is 24.1 Å². The molecule has 0 saturated carbocycles. The van der Waals surface area contributed by atoms with E-state index in [4.69, 9.17) is 5.73 Å². The maximum absolute atomic E-state index is 6.32. The minimum atomic E-state index is 0.145. The Bertz CT molecular complexity index is 536. The van der Waals surface area contributed by atoms with E-state index in [2.05, 4.69) is 43.2 Å². The molecule has 2 atom stereocenters. The third kappa shape index (κ3) is 3.39. The molecule has 0 bridgehead atoms. The molecule has 2 N–H and O–H groups in total. The summed E-state index contributed by atoms with van der Waals surface area (Å²) in [6.45, 7) is 4.29. The monoisotopic (exact) mass is 275 g/mol. The lowest BCUT2D eigenvalue weighted by molar-refractivity contribution is 0.632. The molecule has 1 heterocycles. The fraction of sp³-hybridized carbons (Fsp3) is 0.400. The van der Waals surface area contributed by atoms with Gasteiger partial charge in [-0.2, -0.15) is 5.10 Å². The van der Waals surface area contributed by atoms with Gasteiger partial charge in [0.15, 0.2) is 0 Å². The highest BCUT2D eigenvalue weighted by Gasteiger charge is 2.21. The SMILES string of the molecule is CCC(N)C(Sc1cnn(C)c1)c1ccccc1C. The van der Waals surface area contributed by atoms with E-state index >= 15 is 0 Å². The maximum Gasteiger partial charge on any atom is 0.0626 e. The van der Waals surface area contributed by atoms with Crippen LogP contribution in [0.1, 0.15) is 29.7 Å². The van der Waals surface area contributed by atoms with Crippen molar-refractivity contribution in [2.24, 2.45) is 12.8 Å². The standard InChI is InChI=1S/C15H21N3S/c1-4-14(16)15(13-8-6-5-7-11(13)2)19-12-9-17-18(3)10-12/h5-10,14-15H,4,16H2,1-3H3. The van der Waals surface area contributed by atoms with Crippen LogP contribution >= 0.6 is 11.8 Å². The molecule has 4 heteroatoms. The van der Waals surface area contributed by atoms with E-state index in [0.717, 1.165) is 6.42 Å². The first-order valence-corrected chi connectivity index (χ1v) is 7.46. The van der Waals surface area contributed by atoms with Crippen molar-refractivity contribution in [3.05, 3.63) is 47.8 Å². The van der Waals surface area contributed by atoms with Crippen LogP contribution in [0.4, 0.5) is 0 Å². The van der Waals surface area contributed by atoms with Crippen LogP contribution in [-0.2, 0) is 7.05 Å². The topological polar surface area (TPSA) is 43.8 Å². The van der Waals surface area contributed by atoms with Crippen molar-refractivity contribution in [3.8, 4) is 0 Å². The van der Waals surface area contributed by atoms with E-state index in [1.165, 1.54) is 16.0 Å². The Balaban J connectivity index is 2.29. The zero-order valence-electron chi connectivity index (χ0n) is 11.7. The average molecular weight is 275 g/mol. The predicted molar refractivity (Wildman–Crippen MR) is 81.3 cm³/mol. The van der Waals surface area contributed by atoms with Crippen LogP contribution in [0.5, 0.6) is 0 Å². The van der Waals surface area contributed by atoms with Crippen molar-refractivity contribution in [3.63, 3.8) is 0 Å². The van der Waals surface area contributed by atoms with Gasteiger partial charge < -0.3 is 5.73 Å². The minimum Gasteiger partial charge on any atom is -0.326 e. The molecule has 2 aromatic rings. The summed E-state index contributed by atoms with van der Waals surface area (Å²) in [5, 5.41) is 4.50. The van der Waals surface area contributed by atoms with Gasteiger partial charge in [-0.25, -0.2) is 0 Å². The Labute approximate surface area is 119 Å². The number of benzene rings is 1. The second-order valence-electron chi connectivity index (χ2n) is 4.82. The Morgan fingerprint density at radius 2 is 2.11 bits per heavy atom. The lowest BCUT2D eigenvalue weighted by Crippen LogP contribution is -2.26. The number of aromatic nitrogens is 2. The van der Waals surface area contributed by atoms with Gasteiger partial charge in [0.2, 0.25) is 0 Å². The van der Waals surface area contributed by atoms with Crippen LogP contribution in [0.3, 0.4) is 0 Å². The molecule has 3 nitrogen and oxygen atoms in total. The molecule has 0 saturated heterocycles. The Hall–Kier alpha value is -1.26. The zero-order valence-corrected chi connectivity index (χ0v) is 12.5. The molecule has 0 aliphatic rings. The Kier molecular flexibility index (Phi) is 4.66. The van der Waals surface area contributed by atoms with E-state index < -0.39 is 0 Å². The molecule has 102 valence electrons. The number of rotatable bonds is 5. The number of hydrogen-bond donors (Lipinski definition) is 1. The summed E-state index contributed by atoms with van der Waals surface area (Å²) >= 11 is 1.80. The van der Waals surface area contributed by atoms with Gasteiger partial charge in [-0.3, -0.25) is 4.68 Å². The van der Waals surface area contributed by atoms with Crippen LogP contribution in [0.25, 0.3) is 0 Å². The van der Waals surface area contributed by atoms with Crippen LogP contribution in [-0.4, -0.2) is 15.8 Å². The normalized spacial score (nSPS) is 14.3. The van der Waals surface area contributed by atoms with Gasteiger partial charge in [0.25, 0.3) is 0 Å². The van der Waals surface area contributed by atoms with Crippen molar-refractivity contribution in [2.75, 3.05) is 0 Å². The third-order valence-corrected chi connectivity index (χ3v) is 4.64.